The molecule has 0 saturated carbocycles. The molecule has 65 valence electrons. The Hall–Kier alpha value is -0.410. The Balaban J connectivity index is 2.96. The van der Waals surface area contributed by atoms with Crippen LogP contribution >= 0.6 is 15.9 Å². The molecule has 1 aromatic carbocycles. The second-order valence-electron chi connectivity index (χ2n) is 2.55. The first kappa shape index (κ1) is 9.68. The highest BCUT2D eigenvalue weighted by Gasteiger charge is 2.06. The summed E-state index contributed by atoms with van der Waals surface area (Å²) in [6.45, 7) is 3.67. The lowest BCUT2D eigenvalue weighted by Crippen LogP contribution is -1.99. The van der Waals surface area contributed by atoms with E-state index in [2.05, 4.69) is 22.9 Å². The Morgan fingerprint density at radius 2 is 2.25 bits per heavy atom. The van der Waals surface area contributed by atoms with Gasteiger partial charge in [0.1, 0.15) is 5.82 Å². The number of hydrogen-bond donors (Lipinski definition) is 1. The van der Waals surface area contributed by atoms with Crippen LogP contribution in [0.4, 0.5) is 4.39 Å². The van der Waals surface area contributed by atoms with E-state index in [1.54, 1.807) is 12.1 Å². The summed E-state index contributed by atoms with van der Waals surface area (Å²) in [6, 6.07) is 4.60. The summed E-state index contributed by atoms with van der Waals surface area (Å²) in [5.41, 5.74) is 0.825. The SMILES string of the molecule is [CH2]C(CO)c1ccc(F)c(Br)c1. The smallest absolute Gasteiger partial charge is 0.137 e. The maximum atomic E-state index is 12.7. The second-order valence-corrected chi connectivity index (χ2v) is 3.41. The predicted molar refractivity (Wildman–Crippen MR) is 49.3 cm³/mol. The minimum absolute atomic E-state index is 0.0297. The number of halogens is 2. The van der Waals surface area contributed by atoms with Gasteiger partial charge in [-0.05, 0) is 40.5 Å². The molecule has 12 heavy (non-hydrogen) atoms. The van der Waals surface area contributed by atoms with Crippen LogP contribution in [-0.4, -0.2) is 11.7 Å². The third-order valence-electron chi connectivity index (χ3n) is 1.64. The van der Waals surface area contributed by atoms with Gasteiger partial charge < -0.3 is 5.11 Å². The summed E-state index contributed by atoms with van der Waals surface area (Å²) in [7, 11) is 0. The van der Waals surface area contributed by atoms with Crippen molar-refractivity contribution >= 4 is 15.9 Å². The van der Waals surface area contributed by atoms with E-state index >= 15 is 0 Å². The van der Waals surface area contributed by atoms with Gasteiger partial charge >= 0.3 is 0 Å². The van der Waals surface area contributed by atoms with Crippen LogP contribution < -0.4 is 0 Å². The monoisotopic (exact) mass is 231 g/mol. The van der Waals surface area contributed by atoms with Crippen LogP contribution in [0, 0.1) is 12.7 Å². The van der Waals surface area contributed by atoms with Crippen LogP contribution in [0.5, 0.6) is 0 Å². The van der Waals surface area contributed by atoms with E-state index in [0.29, 0.717) is 4.47 Å². The lowest BCUT2D eigenvalue weighted by atomic mass is 10.0. The Kier molecular flexibility index (Phi) is 3.23. The van der Waals surface area contributed by atoms with E-state index in [1.807, 2.05) is 0 Å². The van der Waals surface area contributed by atoms with Gasteiger partial charge in [0.15, 0.2) is 0 Å². The van der Waals surface area contributed by atoms with Crippen molar-refractivity contribution in [1.29, 1.82) is 0 Å². The molecule has 1 unspecified atom stereocenters. The molecule has 0 saturated heterocycles. The van der Waals surface area contributed by atoms with Gasteiger partial charge in [-0.1, -0.05) is 6.07 Å². The topological polar surface area (TPSA) is 20.2 Å². The first-order valence-corrected chi connectivity index (χ1v) is 4.33. The van der Waals surface area contributed by atoms with Crippen molar-refractivity contribution in [2.75, 3.05) is 6.61 Å². The van der Waals surface area contributed by atoms with E-state index in [9.17, 15) is 4.39 Å². The van der Waals surface area contributed by atoms with E-state index in [1.165, 1.54) is 6.07 Å². The molecule has 0 aromatic heterocycles. The van der Waals surface area contributed by atoms with E-state index < -0.39 is 0 Å². The zero-order valence-electron chi connectivity index (χ0n) is 6.43. The van der Waals surface area contributed by atoms with Gasteiger partial charge in [-0.15, -0.1) is 0 Å². The molecule has 0 bridgehead atoms. The first-order chi connectivity index (χ1) is 5.65. The standard InChI is InChI=1S/C9H9BrFO/c1-6(5-12)7-2-3-9(11)8(10)4-7/h2-4,6,12H,1,5H2. The molecule has 1 rings (SSSR count). The molecule has 0 heterocycles. The summed E-state index contributed by atoms with van der Waals surface area (Å²) < 4.78 is 13.1. The predicted octanol–water partition coefficient (Wildman–Crippen LogP) is 2.50. The highest BCUT2D eigenvalue weighted by Crippen LogP contribution is 2.21. The van der Waals surface area contributed by atoms with Gasteiger partial charge in [-0.2, -0.15) is 0 Å². The normalized spacial score (nSPS) is 13.0. The number of hydrogen-bond acceptors (Lipinski definition) is 1. The third kappa shape index (κ3) is 2.05. The fourth-order valence-electron chi connectivity index (χ4n) is 0.872. The molecule has 0 spiro atoms. The number of rotatable bonds is 2. The van der Waals surface area contributed by atoms with Gasteiger partial charge in [0.25, 0.3) is 0 Å². The lowest BCUT2D eigenvalue weighted by Gasteiger charge is -2.08. The van der Waals surface area contributed by atoms with Crippen molar-refractivity contribution in [1.82, 2.24) is 0 Å². The van der Waals surface area contributed by atoms with Crippen LogP contribution in [0.3, 0.4) is 0 Å². The van der Waals surface area contributed by atoms with Gasteiger partial charge in [0, 0.05) is 12.5 Å². The molecule has 0 fully saturated rings. The fraction of sp³-hybridized carbons (Fsp3) is 0.222. The first-order valence-electron chi connectivity index (χ1n) is 3.54. The van der Waals surface area contributed by atoms with Crippen molar-refractivity contribution < 1.29 is 9.50 Å². The molecule has 0 aliphatic rings. The van der Waals surface area contributed by atoms with Gasteiger partial charge in [-0.3, -0.25) is 0 Å². The number of aliphatic hydroxyl groups excluding tert-OH is 1. The maximum absolute atomic E-state index is 12.7. The molecule has 1 nitrogen and oxygen atoms in total. The number of benzene rings is 1. The molecule has 1 N–H and O–H groups in total. The number of aliphatic hydroxyl groups is 1. The highest BCUT2D eigenvalue weighted by molar-refractivity contribution is 9.10. The Bertz CT molecular complexity index is 275. The van der Waals surface area contributed by atoms with Crippen molar-refractivity contribution in [3.8, 4) is 0 Å². The van der Waals surface area contributed by atoms with Crippen LogP contribution in [0.2, 0.25) is 0 Å². The molecule has 0 aliphatic carbocycles. The molecule has 0 aliphatic heterocycles. The highest BCUT2D eigenvalue weighted by atomic mass is 79.9. The Labute approximate surface area is 79.4 Å². The summed E-state index contributed by atoms with van der Waals surface area (Å²) in [5, 5.41) is 8.78. The Morgan fingerprint density at radius 3 is 2.75 bits per heavy atom. The minimum Gasteiger partial charge on any atom is -0.396 e. The van der Waals surface area contributed by atoms with Gasteiger partial charge in [-0.25, -0.2) is 4.39 Å². The van der Waals surface area contributed by atoms with Crippen molar-refractivity contribution in [2.24, 2.45) is 0 Å². The van der Waals surface area contributed by atoms with Gasteiger partial charge in [0.05, 0.1) is 4.47 Å². The van der Waals surface area contributed by atoms with Crippen molar-refractivity contribution in [3.05, 3.63) is 41.0 Å². The van der Waals surface area contributed by atoms with Crippen LogP contribution in [0.1, 0.15) is 11.5 Å². The van der Waals surface area contributed by atoms with Crippen LogP contribution in [0.25, 0.3) is 0 Å². The van der Waals surface area contributed by atoms with Crippen LogP contribution in [0.15, 0.2) is 22.7 Å². The minimum atomic E-state index is -0.302. The van der Waals surface area contributed by atoms with E-state index in [4.69, 9.17) is 5.11 Å². The third-order valence-corrected chi connectivity index (χ3v) is 2.24. The summed E-state index contributed by atoms with van der Waals surface area (Å²) in [5.74, 6) is -0.495. The largest absolute Gasteiger partial charge is 0.396 e. The molecule has 1 aromatic rings. The maximum Gasteiger partial charge on any atom is 0.137 e. The zero-order valence-corrected chi connectivity index (χ0v) is 8.01. The van der Waals surface area contributed by atoms with Crippen molar-refractivity contribution in [2.45, 2.75) is 5.92 Å². The average molecular weight is 232 g/mol. The van der Waals surface area contributed by atoms with Crippen molar-refractivity contribution in [3.63, 3.8) is 0 Å². The lowest BCUT2D eigenvalue weighted by molar-refractivity contribution is 0.282. The van der Waals surface area contributed by atoms with E-state index in [0.717, 1.165) is 5.56 Å². The van der Waals surface area contributed by atoms with E-state index in [-0.39, 0.29) is 18.3 Å². The summed E-state index contributed by atoms with van der Waals surface area (Å²) >= 11 is 3.06. The Morgan fingerprint density at radius 1 is 1.58 bits per heavy atom. The molecule has 1 radical (unpaired) electrons. The molecule has 1 atom stereocenters. The summed E-state index contributed by atoms with van der Waals surface area (Å²) in [4.78, 5) is 0. The second kappa shape index (κ2) is 4.01. The molecular formula is C9H9BrFO. The van der Waals surface area contributed by atoms with Crippen LogP contribution in [-0.2, 0) is 0 Å². The molecule has 0 amide bonds. The zero-order chi connectivity index (χ0) is 9.14. The average Bonchev–Trinajstić information content (AvgIpc) is 2.08. The quantitative estimate of drug-likeness (QED) is 0.830. The fourth-order valence-corrected chi connectivity index (χ4v) is 1.27. The molecule has 3 heteroatoms. The summed E-state index contributed by atoms with van der Waals surface area (Å²) in [6.07, 6.45) is 0. The molecular weight excluding hydrogens is 223 g/mol. The van der Waals surface area contributed by atoms with Gasteiger partial charge in [0.2, 0.25) is 0 Å².